The van der Waals surface area contributed by atoms with Crippen molar-refractivity contribution in [1.82, 2.24) is 5.32 Å². The highest BCUT2D eigenvalue weighted by atomic mass is 16.3. The molecule has 5 N–H and O–H groups in total. The van der Waals surface area contributed by atoms with E-state index in [1.165, 1.54) is 109 Å². The van der Waals surface area contributed by atoms with Crippen molar-refractivity contribution in [3.63, 3.8) is 0 Å². The zero-order valence-electron chi connectivity index (χ0n) is 26.4. The smallest absolute Gasteiger partial charge is 0.220 e. The normalized spacial score (nSPS) is 13.8. The van der Waals surface area contributed by atoms with Crippen LogP contribution < -0.4 is 5.32 Å². The molecule has 0 aliphatic heterocycles. The van der Waals surface area contributed by atoms with Gasteiger partial charge in [0, 0.05) is 13.0 Å². The van der Waals surface area contributed by atoms with Crippen molar-refractivity contribution >= 4 is 5.91 Å². The molecule has 0 saturated heterocycles. The lowest BCUT2D eigenvalue weighted by molar-refractivity contribution is -0.124. The molecule has 0 fully saturated rings. The second-order valence-corrected chi connectivity index (χ2v) is 12.2. The highest BCUT2D eigenvalue weighted by Gasteiger charge is 2.26. The van der Waals surface area contributed by atoms with E-state index in [9.17, 15) is 20.1 Å². The van der Waals surface area contributed by atoms with Gasteiger partial charge in [-0.2, -0.15) is 0 Å². The second-order valence-electron chi connectivity index (χ2n) is 12.2. The van der Waals surface area contributed by atoms with Gasteiger partial charge in [-0.15, -0.1) is 0 Å². The maximum atomic E-state index is 12.3. The fourth-order valence-corrected chi connectivity index (χ4v) is 5.49. The van der Waals surface area contributed by atoms with Gasteiger partial charge in [-0.1, -0.05) is 155 Å². The molecule has 0 heterocycles. The predicted octanol–water partition coefficient (Wildman–Crippen LogP) is 7.73. The molecule has 1 amide bonds. The minimum atomic E-state index is -1.14. The van der Waals surface area contributed by atoms with Gasteiger partial charge < -0.3 is 25.7 Å². The zero-order valence-corrected chi connectivity index (χ0v) is 26.4. The molecule has 0 bridgehead atoms. The summed E-state index contributed by atoms with van der Waals surface area (Å²) in [5.74, 6) is -0.158. The van der Waals surface area contributed by atoms with Gasteiger partial charge in [-0.05, 0) is 19.3 Å². The summed E-state index contributed by atoms with van der Waals surface area (Å²) in [4.78, 5) is 12.3. The molecule has 6 nitrogen and oxygen atoms in total. The van der Waals surface area contributed by atoms with Crippen LogP contribution >= 0.6 is 0 Å². The van der Waals surface area contributed by atoms with Crippen LogP contribution in [0.3, 0.4) is 0 Å². The summed E-state index contributed by atoms with van der Waals surface area (Å²) >= 11 is 0. The molecule has 3 atom stereocenters. The van der Waals surface area contributed by atoms with Gasteiger partial charge >= 0.3 is 0 Å². The highest BCUT2D eigenvalue weighted by Crippen LogP contribution is 2.16. The van der Waals surface area contributed by atoms with Crippen LogP contribution in [0.4, 0.5) is 0 Å². The third-order valence-electron chi connectivity index (χ3n) is 8.26. The van der Waals surface area contributed by atoms with Gasteiger partial charge in [0.15, 0.2) is 0 Å². The summed E-state index contributed by atoms with van der Waals surface area (Å²) in [7, 11) is 0. The molecule has 0 saturated carbocycles. The lowest BCUT2D eigenvalue weighted by Gasteiger charge is -2.26. The Morgan fingerprint density at radius 1 is 0.550 bits per heavy atom. The maximum absolute atomic E-state index is 12.3. The number of carbonyl (C=O) groups is 1. The fraction of sp³-hybridized carbons (Fsp3) is 0.971. The van der Waals surface area contributed by atoms with E-state index in [4.69, 9.17) is 5.11 Å². The number of unbranched alkanes of at least 4 members (excludes halogenated alkanes) is 23. The van der Waals surface area contributed by atoms with E-state index in [2.05, 4.69) is 12.2 Å². The summed E-state index contributed by atoms with van der Waals surface area (Å²) in [5, 5.41) is 42.0. The summed E-state index contributed by atoms with van der Waals surface area (Å²) < 4.78 is 0. The third-order valence-corrected chi connectivity index (χ3v) is 8.26. The van der Waals surface area contributed by atoms with E-state index < -0.39 is 18.2 Å². The number of amides is 1. The number of aliphatic hydroxyl groups is 4. The standard InChI is InChI=1S/C34H69NO5/c1-2-3-4-5-6-7-8-12-15-18-21-24-27-32(38)34(40)31(30-37)35-33(39)28-25-22-19-16-13-10-9-11-14-17-20-23-26-29-36/h31-32,34,36-38,40H,2-30H2,1H3,(H,35,39). The SMILES string of the molecule is CCCCCCCCCCCCCCC(O)C(O)C(CO)NC(=O)CCCCCCCCCCCCCCCO. The van der Waals surface area contributed by atoms with Crippen molar-refractivity contribution in [3.05, 3.63) is 0 Å². The summed E-state index contributed by atoms with van der Waals surface area (Å²) in [5.41, 5.74) is 0. The molecule has 0 aromatic heterocycles. The maximum Gasteiger partial charge on any atom is 0.220 e. The molecule has 0 rings (SSSR count). The topological polar surface area (TPSA) is 110 Å². The van der Waals surface area contributed by atoms with E-state index >= 15 is 0 Å². The third kappa shape index (κ3) is 26.2. The monoisotopic (exact) mass is 572 g/mol. The van der Waals surface area contributed by atoms with Gasteiger partial charge in [-0.25, -0.2) is 0 Å². The van der Waals surface area contributed by atoms with Crippen molar-refractivity contribution < 1.29 is 25.2 Å². The van der Waals surface area contributed by atoms with Crippen LogP contribution in [-0.2, 0) is 4.79 Å². The van der Waals surface area contributed by atoms with E-state index in [1.807, 2.05) is 0 Å². The molecule has 0 aromatic carbocycles. The first-order chi connectivity index (χ1) is 19.6. The van der Waals surface area contributed by atoms with Gasteiger partial charge in [0.2, 0.25) is 5.91 Å². The van der Waals surface area contributed by atoms with Crippen LogP contribution in [0.5, 0.6) is 0 Å². The summed E-state index contributed by atoms with van der Waals surface area (Å²) in [6.07, 6.45) is 29.1. The van der Waals surface area contributed by atoms with Crippen molar-refractivity contribution in [2.24, 2.45) is 0 Å². The predicted molar refractivity (Wildman–Crippen MR) is 168 cm³/mol. The first kappa shape index (κ1) is 39.3. The number of hydrogen-bond acceptors (Lipinski definition) is 5. The van der Waals surface area contributed by atoms with Crippen LogP contribution in [-0.4, -0.2) is 57.8 Å². The summed E-state index contributed by atoms with van der Waals surface area (Å²) in [6, 6.07) is -0.811. The molecular weight excluding hydrogens is 502 g/mol. The average Bonchev–Trinajstić information content (AvgIpc) is 2.96. The Balaban J connectivity index is 3.68. The van der Waals surface area contributed by atoms with Crippen LogP contribution in [0.25, 0.3) is 0 Å². The van der Waals surface area contributed by atoms with E-state index in [1.54, 1.807) is 0 Å². The molecule has 0 aromatic rings. The lowest BCUT2D eigenvalue weighted by Crippen LogP contribution is -2.50. The molecule has 3 unspecified atom stereocenters. The van der Waals surface area contributed by atoms with Crippen LogP contribution in [0, 0.1) is 0 Å². The Labute approximate surface area is 248 Å². The van der Waals surface area contributed by atoms with E-state index in [-0.39, 0.29) is 12.5 Å². The van der Waals surface area contributed by atoms with Crippen molar-refractivity contribution in [3.8, 4) is 0 Å². The van der Waals surface area contributed by atoms with Crippen LogP contribution in [0.15, 0.2) is 0 Å². The van der Waals surface area contributed by atoms with Crippen LogP contribution in [0.2, 0.25) is 0 Å². The summed E-state index contributed by atoms with van der Waals surface area (Å²) in [6.45, 7) is 2.20. The first-order valence-corrected chi connectivity index (χ1v) is 17.4. The molecule has 0 radical (unpaired) electrons. The Bertz CT molecular complexity index is 519. The van der Waals surface area contributed by atoms with Gasteiger partial charge in [0.05, 0.1) is 18.8 Å². The number of nitrogens with one attached hydrogen (secondary N) is 1. The number of rotatable bonds is 32. The minimum absolute atomic E-state index is 0.158. The van der Waals surface area contributed by atoms with Crippen molar-refractivity contribution in [2.75, 3.05) is 13.2 Å². The fourth-order valence-electron chi connectivity index (χ4n) is 5.49. The number of hydrogen-bond donors (Lipinski definition) is 5. The Morgan fingerprint density at radius 2 is 0.925 bits per heavy atom. The van der Waals surface area contributed by atoms with Gasteiger partial charge in [-0.3, -0.25) is 4.79 Å². The Kier molecular flexibility index (Phi) is 30.7. The molecule has 0 aliphatic rings. The van der Waals surface area contributed by atoms with E-state index in [0.717, 1.165) is 51.4 Å². The van der Waals surface area contributed by atoms with Crippen molar-refractivity contribution in [2.45, 2.75) is 199 Å². The lowest BCUT2D eigenvalue weighted by atomic mass is 9.99. The Hall–Kier alpha value is -0.690. The zero-order chi connectivity index (χ0) is 29.5. The Morgan fingerprint density at radius 3 is 1.32 bits per heavy atom. The first-order valence-electron chi connectivity index (χ1n) is 17.4. The second kappa shape index (κ2) is 31.3. The quantitative estimate of drug-likeness (QED) is 0.0531. The van der Waals surface area contributed by atoms with E-state index in [0.29, 0.717) is 19.4 Å². The molecule has 240 valence electrons. The van der Waals surface area contributed by atoms with Crippen LogP contribution in [0.1, 0.15) is 180 Å². The number of carbonyl (C=O) groups excluding carboxylic acids is 1. The molecule has 0 spiro atoms. The molecule has 6 heteroatoms. The molecule has 0 aliphatic carbocycles. The molecular formula is C34H69NO5. The largest absolute Gasteiger partial charge is 0.396 e. The number of aliphatic hydroxyl groups excluding tert-OH is 4. The average molecular weight is 572 g/mol. The van der Waals surface area contributed by atoms with Gasteiger partial charge in [0.25, 0.3) is 0 Å². The van der Waals surface area contributed by atoms with Gasteiger partial charge in [0.1, 0.15) is 6.10 Å². The van der Waals surface area contributed by atoms with Crippen molar-refractivity contribution in [1.29, 1.82) is 0 Å². The molecule has 40 heavy (non-hydrogen) atoms. The highest BCUT2D eigenvalue weighted by molar-refractivity contribution is 5.76. The minimum Gasteiger partial charge on any atom is -0.396 e.